The van der Waals surface area contributed by atoms with Crippen LogP contribution < -0.4 is 4.80 Å². The van der Waals surface area contributed by atoms with Crippen LogP contribution in [0.4, 0.5) is 0 Å². The van der Waals surface area contributed by atoms with Gasteiger partial charge in [-0.1, -0.05) is 40.6 Å². The zero-order chi connectivity index (χ0) is 24.2. The van der Waals surface area contributed by atoms with Gasteiger partial charge >= 0.3 is 5.97 Å². The van der Waals surface area contributed by atoms with E-state index in [4.69, 9.17) is 4.74 Å². The van der Waals surface area contributed by atoms with Gasteiger partial charge in [0.05, 0.1) is 22.2 Å². The van der Waals surface area contributed by atoms with E-state index in [2.05, 4.69) is 20.9 Å². The summed E-state index contributed by atoms with van der Waals surface area (Å²) in [5.74, 6) is -1.00. The number of aromatic nitrogens is 1. The molecule has 176 valence electrons. The van der Waals surface area contributed by atoms with Gasteiger partial charge in [0, 0.05) is 23.6 Å². The number of halogens is 1. The topological polar surface area (TPSA) is 98.0 Å². The van der Waals surface area contributed by atoms with Gasteiger partial charge in [0.1, 0.15) is 6.54 Å². The van der Waals surface area contributed by atoms with Gasteiger partial charge < -0.3 is 9.30 Å². The average Bonchev–Trinajstić information content (AvgIpc) is 3.12. The lowest BCUT2D eigenvalue weighted by molar-refractivity contribution is -0.141. The highest BCUT2D eigenvalue weighted by Gasteiger charge is 2.20. The van der Waals surface area contributed by atoms with Crippen LogP contribution in [0.25, 0.3) is 10.2 Å². The highest BCUT2D eigenvalue weighted by molar-refractivity contribution is 9.10. The third-order valence-corrected chi connectivity index (χ3v) is 8.40. The first-order valence-electron chi connectivity index (χ1n) is 10.2. The number of nitrogens with zero attached hydrogens (tertiary/aromatic N) is 3. The standard InChI is InChI=1S/C22H24BrN3O5S2/c1-4-5-12-25(2)33(29,30)17-9-6-15(7-10-17)21(28)24-22-26(14-20(27)31-3)18-11-8-16(23)13-19(18)32-22/h6-11,13H,4-5,12,14H2,1-3H3. The van der Waals surface area contributed by atoms with Gasteiger partial charge in [-0.2, -0.15) is 4.99 Å². The Bertz CT molecular complexity index is 1340. The molecule has 0 radical (unpaired) electrons. The predicted molar refractivity (Wildman–Crippen MR) is 131 cm³/mol. The molecule has 0 fully saturated rings. The van der Waals surface area contributed by atoms with Crippen LogP contribution in [-0.4, -0.2) is 49.9 Å². The molecular weight excluding hydrogens is 530 g/mol. The first-order valence-corrected chi connectivity index (χ1v) is 13.2. The van der Waals surface area contributed by atoms with Crippen LogP contribution in [-0.2, 0) is 26.1 Å². The second-order valence-corrected chi connectivity index (χ2v) is 11.3. The summed E-state index contributed by atoms with van der Waals surface area (Å²) in [5.41, 5.74) is 0.991. The molecule has 3 rings (SSSR count). The molecular formula is C22H24BrN3O5S2. The third-order valence-electron chi connectivity index (χ3n) is 4.99. The summed E-state index contributed by atoms with van der Waals surface area (Å²) in [6.07, 6.45) is 1.65. The average molecular weight is 554 g/mol. The summed E-state index contributed by atoms with van der Waals surface area (Å²) in [4.78, 5) is 29.4. The Labute approximate surface area is 204 Å². The number of unbranched alkanes of at least 4 members (excludes halogenated alkanes) is 1. The van der Waals surface area contributed by atoms with Crippen molar-refractivity contribution in [3.05, 3.63) is 57.3 Å². The predicted octanol–water partition coefficient (Wildman–Crippen LogP) is 3.80. The summed E-state index contributed by atoms with van der Waals surface area (Å²) in [5, 5.41) is 0. The largest absolute Gasteiger partial charge is 0.468 e. The van der Waals surface area contributed by atoms with Gasteiger partial charge in [0.25, 0.3) is 5.91 Å². The Morgan fingerprint density at radius 3 is 2.52 bits per heavy atom. The van der Waals surface area contributed by atoms with Crippen LogP contribution in [0.1, 0.15) is 30.1 Å². The van der Waals surface area contributed by atoms with Gasteiger partial charge in [-0.15, -0.1) is 0 Å². The van der Waals surface area contributed by atoms with Crippen molar-refractivity contribution in [2.75, 3.05) is 20.7 Å². The van der Waals surface area contributed by atoms with Crippen LogP contribution in [0.2, 0.25) is 0 Å². The van der Waals surface area contributed by atoms with E-state index in [0.29, 0.717) is 11.3 Å². The molecule has 0 N–H and O–H groups in total. The molecule has 1 heterocycles. The van der Waals surface area contributed by atoms with Gasteiger partial charge in [0.15, 0.2) is 4.80 Å². The van der Waals surface area contributed by atoms with E-state index in [9.17, 15) is 18.0 Å². The molecule has 11 heteroatoms. The number of hydrogen-bond donors (Lipinski definition) is 0. The normalized spacial score (nSPS) is 12.5. The highest BCUT2D eigenvalue weighted by Crippen LogP contribution is 2.22. The molecule has 0 unspecified atom stereocenters. The van der Waals surface area contributed by atoms with Crippen molar-refractivity contribution in [2.24, 2.45) is 4.99 Å². The number of sulfonamides is 1. The zero-order valence-electron chi connectivity index (χ0n) is 18.4. The minimum absolute atomic E-state index is 0.0917. The van der Waals surface area contributed by atoms with Crippen molar-refractivity contribution < 1.29 is 22.7 Å². The molecule has 0 bridgehead atoms. The van der Waals surface area contributed by atoms with E-state index in [1.807, 2.05) is 25.1 Å². The molecule has 8 nitrogen and oxygen atoms in total. The smallest absolute Gasteiger partial charge is 0.325 e. The molecule has 3 aromatic rings. The van der Waals surface area contributed by atoms with Crippen molar-refractivity contribution in [1.29, 1.82) is 0 Å². The number of ether oxygens (including phenoxy) is 1. The maximum Gasteiger partial charge on any atom is 0.325 e. The summed E-state index contributed by atoms with van der Waals surface area (Å²) in [6.45, 7) is 2.33. The summed E-state index contributed by atoms with van der Waals surface area (Å²) in [6, 6.07) is 11.3. The van der Waals surface area contributed by atoms with Crippen LogP contribution in [0.3, 0.4) is 0 Å². The number of amides is 1. The maximum absolute atomic E-state index is 12.8. The van der Waals surface area contributed by atoms with Gasteiger partial charge in [0.2, 0.25) is 10.0 Å². The van der Waals surface area contributed by atoms with Crippen molar-refractivity contribution >= 4 is 59.4 Å². The lowest BCUT2D eigenvalue weighted by Gasteiger charge is -2.16. The minimum Gasteiger partial charge on any atom is -0.468 e. The van der Waals surface area contributed by atoms with Crippen molar-refractivity contribution in [3.8, 4) is 0 Å². The zero-order valence-corrected chi connectivity index (χ0v) is 21.7. The second-order valence-electron chi connectivity index (χ2n) is 7.28. The number of hydrogen-bond acceptors (Lipinski definition) is 6. The molecule has 0 spiro atoms. The molecule has 0 aliphatic carbocycles. The lowest BCUT2D eigenvalue weighted by Crippen LogP contribution is -2.27. The molecule has 0 aliphatic rings. The fourth-order valence-electron chi connectivity index (χ4n) is 3.08. The fraction of sp³-hybridized carbons (Fsp3) is 0.318. The Morgan fingerprint density at radius 1 is 1.18 bits per heavy atom. The number of fused-ring (bicyclic) bond motifs is 1. The molecule has 0 saturated carbocycles. The Kier molecular flexibility index (Phi) is 8.22. The lowest BCUT2D eigenvalue weighted by atomic mass is 10.2. The number of carbonyl (C=O) groups excluding carboxylic acids is 2. The quantitative estimate of drug-likeness (QED) is 0.395. The number of benzene rings is 2. The van der Waals surface area contributed by atoms with Gasteiger partial charge in [-0.25, -0.2) is 12.7 Å². The first kappa shape index (κ1) is 25.3. The van der Waals surface area contributed by atoms with E-state index >= 15 is 0 Å². The summed E-state index contributed by atoms with van der Waals surface area (Å²) in [7, 11) is -0.786. The van der Waals surface area contributed by atoms with E-state index in [-0.39, 0.29) is 17.0 Å². The van der Waals surface area contributed by atoms with Crippen molar-refractivity contribution in [3.63, 3.8) is 0 Å². The van der Waals surface area contributed by atoms with Gasteiger partial charge in [-0.3, -0.25) is 9.59 Å². The third kappa shape index (κ3) is 5.78. The maximum atomic E-state index is 12.8. The van der Waals surface area contributed by atoms with Crippen molar-refractivity contribution in [2.45, 2.75) is 31.2 Å². The number of thiazole rings is 1. The number of rotatable bonds is 8. The summed E-state index contributed by atoms with van der Waals surface area (Å²) < 4.78 is 34.8. The molecule has 33 heavy (non-hydrogen) atoms. The Hall–Kier alpha value is -2.34. The van der Waals surface area contributed by atoms with E-state index in [1.165, 1.54) is 47.0 Å². The van der Waals surface area contributed by atoms with Crippen LogP contribution in [0.5, 0.6) is 0 Å². The SMILES string of the molecule is CCCCN(C)S(=O)(=O)c1ccc(C(=O)N=c2sc3cc(Br)ccc3n2CC(=O)OC)cc1. The van der Waals surface area contributed by atoms with E-state index in [1.54, 1.807) is 11.6 Å². The molecule has 1 amide bonds. The molecule has 1 aromatic heterocycles. The molecule has 0 atom stereocenters. The fourth-order valence-corrected chi connectivity index (χ4v) is 5.87. The van der Waals surface area contributed by atoms with E-state index < -0.39 is 21.9 Å². The van der Waals surface area contributed by atoms with Crippen LogP contribution >= 0.6 is 27.3 Å². The monoisotopic (exact) mass is 553 g/mol. The van der Waals surface area contributed by atoms with Crippen molar-refractivity contribution in [1.82, 2.24) is 8.87 Å². The van der Waals surface area contributed by atoms with Crippen LogP contribution in [0.15, 0.2) is 56.8 Å². The minimum atomic E-state index is -3.62. The Morgan fingerprint density at radius 2 is 1.88 bits per heavy atom. The highest BCUT2D eigenvalue weighted by atomic mass is 79.9. The second kappa shape index (κ2) is 10.7. The summed E-state index contributed by atoms with van der Waals surface area (Å²) >= 11 is 4.69. The number of carbonyl (C=O) groups is 2. The molecule has 2 aromatic carbocycles. The van der Waals surface area contributed by atoms with E-state index in [0.717, 1.165) is 27.5 Å². The van der Waals surface area contributed by atoms with Gasteiger partial charge in [-0.05, 0) is 48.9 Å². The number of esters is 1. The molecule has 0 aliphatic heterocycles. The Balaban J connectivity index is 1.95. The first-order chi connectivity index (χ1) is 15.7. The molecule has 0 saturated heterocycles. The number of methoxy groups -OCH3 is 1. The van der Waals surface area contributed by atoms with Crippen LogP contribution in [0, 0.1) is 0 Å².